The van der Waals surface area contributed by atoms with Crippen LogP contribution in [-0.2, 0) is 11.3 Å². The quantitative estimate of drug-likeness (QED) is 0.572. The Bertz CT molecular complexity index is 1300. The third-order valence-electron chi connectivity index (χ3n) is 5.81. The summed E-state index contributed by atoms with van der Waals surface area (Å²) in [4.78, 5) is 45.1. The fraction of sp³-hybridized carbons (Fsp3) is 0.350. The van der Waals surface area contributed by atoms with E-state index in [1.54, 1.807) is 24.3 Å². The molecule has 11 nitrogen and oxygen atoms in total. The minimum absolute atomic E-state index is 0.0627. The maximum absolute atomic E-state index is 13.0. The lowest BCUT2D eigenvalue weighted by atomic mass is 10.1. The Balaban J connectivity index is 1.32. The van der Waals surface area contributed by atoms with Crippen LogP contribution in [0.1, 0.15) is 23.3 Å². The normalized spacial score (nSPS) is 21.4. The molecular formula is C20H18F3N7O4. The number of hydrogen-bond donors (Lipinski definition) is 2. The molecule has 3 heterocycles. The van der Waals surface area contributed by atoms with Gasteiger partial charge in [-0.15, -0.1) is 5.10 Å². The number of hydrogen-bond acceptors (Lipinski definition) is 6. The van der Waals surface area contributed by atoms with Gasteiger partial charge in [0, 0.05) is 23.7 Å². The number of amides is 3. The number of rotatable bonds is 5. The van der Waals surface area contributed by atoms with Gasteiger partial charge >= 0.3 is 12.3 Å². The van der Waals surface area contributed by atoms with Crippen molar-refractivity contribution >= 4 is 34.6 Å². The number of nitrogens with zero attached hydrogens (tertiary/aromatic N) is 5. The van der Waals surface area contributed by atoms with Crippen LogP contribution in [0.4, 0.5) is 23.8 Å². The molecule has 3 N–H and O–H groups in total. The Labute approximate surface area is 189 Å². The van der Waals surface area contributed by atoms with Gasteiger partial charge in [0.1, 0.15) is 18.1 Å². The van der Waals surface area contributed by atoms with Crippen molar-refractivity contribution in [3.63, 3.8) is 0 Å². The van der Waals surface area contributed by atoms with E-state index < -0.39 is 36.7 Å². The van der Waals surface area contributed by atoms with Crippen LogP contribution in [0.2, 0.25) is 0 Å². The summed E-state index contributed by atoms with van der Waals surface area (Å²) in [5.74, 6) is -1.34. The van der Waals surface area contributed by atoms with E-state index in [1.807, 2.05) is 0 Å². The molecule has 1 saturated heterocycles. The van der Waals surface area contributed by atoms with Gasteiger partial charge < -0.3 is 11.1 Å². The molecule has 178 valence electrons. The summed E-state index contributed by atoms with van der Waals surface area (Å²) >= 11 is 0. The molecule has 0 bridgehead atoms. The van der Waals surface area contributed by atoms with Crippen molar-refractivity contribution in [2.24, 2.45) is 11.7 Å². The molecule has 2 aromatic heterocycles. The first-order valence-corrected chi connectivity index (χ1v) is 10.3. The molecule has 3 atom stereocenters. The van der Waals surface area contributed by atoms with Crippen molar-refractivity contribution in [1.82, 2.24) is 24.6 Å². The number of anilines is 1. The lowest BCUT2D eigenvalue weighted by Gasteiger charge is -2.25. The SMILES string of the molecule is NC(=O)c1nn(OC(=O)N2[C@@H]3CC3C[C@H]2C(=O)Nc2ccn(CC(F)(F)F)n2)c2ccccc12. The highest BCUT2D eigenvalue weighted by molar-refractivity contribution is 6.04. The minimum Gasteiger partial charge on any atom is -0.364 e. The van der Waals surface area contributed by atoms with Crippen molar-refractivity contribution in [2.75, 3.05) is 5.32 Å². The van der Waals surface area contributed by atoms with Gasteiger partial charge in [0.2, 0.25) is 5.91 Å². The van der Waals surface area contributed by atoms with E-state index in [4.69, 9.17) is 10.6 Å². The summed E-state index contributed by atoms with van der Waals surface area (Å²) in [6.07, 6.45) is -3.13. The molecule has 1 aliphatic carbocycles. The van der Waals surface area contributed by atoms with Gasteiger partial charge in [0.25, 0.3) is 5.91 Å². The van der Waals surface area contributed by atoms with Crippen LogP contribution in [0.15, 0.2) is 36.5 Å². The zero-order valence-corrected chi connectivity index (χ0v) is 17.4. The van der Waals surface area contributed by atoms with Gasteiger partial charge in [-0.1, -0.05) is 23.0 Å². The van der Waals surface area contributed by atoms with E-state index in [0.717, 1.165) is 11.0 Å². The number of halogens is 3. The molecule has 0 spiro atoms. The molecular weight excluding hydrogens is 459 g/mol. The molecule has 1 aromatic carbocycles. The highest BCUT2D eigenvalue weighted by Crippen LogP contribution is 2.48. The molecule has 1 unspecified atom stereocenters. The molecule has 1 saturated carbocycles. The third-order valence-corrected chi connectivity index (χ3v) is 5.81. The monoisotopic (exact) mass is 477 g/mol. The molecule has 0 radical (unpaired) electrons. The van der Waals surface area contributed by atoms with Crippen molar-refractivity contribution in [3.05, 3.63) is 42.2 Å². The second kappa shape index (κ2) is 7.74. The van der Waals surface area contributed by atoms with E-state index in [-0.39, 0.29) is 23.5 Å². The van der Waals surface area contributed by atoms with E-state index >= 15 is 0 Å². The Morgan fingerprint density at radius 1 is 1.15 bits per heavy atom. The smallest absolute Gasteiger partial charge is 0.364 e. The predicted molar refractivity (Wildman–Crippen MR) is 109 cm³/mol. The molecule has 1 aliphatic heterocycles. The number of nitrogens with two attached hydrogens (primary N) is 1. The summed E-state index contributed by atoms with van der Waals surface area (Å²) in [7, 11) is 0. The highest BCUT2D eigenvalue weighted by atomic mass is 19.4. The molecule has 14 heteroatoms. The van der Waals surface area contributed by atoms with Gasteiger partial charge in [0.15, 0.2) is 11.5 Å². The van der Waals surface area contributed by atoms with Crippen molar-refractivity contribution in [2.45, 2.75) is 37.6 Å². The first-order chi connectivity index (χ1) is 16.1. The Hall–Kier alpha value is -4.10. The van der Waals surface area contributed by atoms with Gasteiger partial charge in [-0.3, -0.25) is 24.0 Å². The average molecular weight is 477 g/mol. The fourth-order valence-corrected chi connectivity index (χ4v) is 4.27. The number of para-hydroxylation sites is 1. The zero-order valence-electron chi connectivity index (χ0n) is 17.4. The number of nitrogens with one attached hydrogen (secondary N) is 1. The van der Waals surface area contributed by atoms with Crippen LogP contribution in [0.3, 0.4) is 0 Å². The maximum atomic E-state index is 13.0. The van der Waals surface area contributed by atoms with Crippen LogP contribution in [0, 0.1) is 5.92 Å². The molecule has 5 rings (SSSR count). The lowest BCUT2D eigenvalue weighted by Crippen LogP contribution is -2.48. The summed E-state index contributed by atoms with van der Waals surface area (Å²) in [5.41, 5.74) is 5.63. The van der Waals surface area contributed by atoms with Crippen LogP contribution in [0.25, 0.3) is 10.9 Å². The van der Waals surface area contributed by atoms with Crippen molar-refractivity contribution in [1.29, 1.82) is 0 Å². The Morgan fingerprint density at radius 2 is 1.91 bits per heavy atom. The Kier molecular flexibility index (Phi) is 4.95. The zero-order chi connectivity index (χ0) is 24.2. The number of carbonyl (C=O) groups is 3. The standard InChI is InChI=1S/C20H18F3N7O4/c21-20(22,23)9-28-6-5-15(26-28)25-18(32)14-8-10-7-13(10)29(14)19(33)34-30-12-4-2-1-3-11(12)16(27-30)17(24)31/h1-6,10,13-14H,7-9H2,(H2,24,31)(H,25,26,32)/t10?,13-,14+/m1/s1. The fourth-order valence-electron chi connectivity index (χ4n) is 4.27. The highest BCUT2D eigenvalue weighted by Gasteiger charge is 2.57. The first kappa shape index (κ1) is 21.7. The number of piperidine rings is 1. The van der Waals surface area contributed by atoms with E-state index in [0.29, 0.717) is 28.4 Å². The summed E-state index contributed by atoms with van der Waals surface area (Å²) in [6, 6.07) is 6.67. The number of aromatic nitrogens is 4. The molecule has 2 fully saturated rings. The van der Waals surface area contributed by atoms with Gasteiger partial charge in [-0.25, -0.2) is 4.79 Å². The van der Waals surface area contributed by atoms with Crippen molar-refractivity contribution < 1.29 is 32.4 Å². The molecule has 3 aromatic rings. The van der Waals surface area contributed by atoms with Crippen molar-refractivity contribution in [3.8, 4) is 0 Å². The van der Waals surface area contributed by atoms with Crippen LogP contribution < -0.4 is 15.9 Å². The Morgan fingerprint density at radius 3 is 2.65 bits per heavy atom. The van der Waals surface area contributed by atoms with E-state index in [2.05, 4.69) is 15.5 Å². The topological polar surface area (TPSA) is 137 Å². The molecule has 3 amide bonds. The van der Waals surface area contributed by atoms with Crippen LogP contribution >= 0.6 is 0 Å². The lowest BCUT2D eigenvalue weighted by molar-refractivity contribution is -0.142. The number of primary amides is 1. The van der Waals surface area contributed by atoms with E-state index in [9.17, 15) is 27.6 Å². The number of carbonyl (C=O) groups excluding carboxylic acids is 3. The number of alkyl halides is 3. The van der Waals surface area contributed by atoms with Gasteiger partial charge in [0.05, 0.1) is 0 Å². The first-order valence-electron chi connectivity index (χ1n) is 10.3. The van der Waals surface area contributed by atoms with Crippen LogP contribution in [0.5, 0.6) is 0 Å². The third kappa shape index (κ3) is 4.02. The molecule has 2 aliphatic rings. The van der Waals surface area contributed by atoms with Gasteiger partial charge in [-0.05, 0) is 24.8 Å². The van der Waals surface area contributed by atoms with Gasteiger partial charge in [-0.2, -0.15) is 18.3 Å². The number of fused-ring (bicyclic) bond motifs is 2. The second-order valence-corrected chi connectivity index (χ2v) is 8.19. The molecule has 34 heavy (non-hydrogen) atoms. The predicted octanol–water partition coefficient (Wildman–Crippen LogP) is 1.54. The largest absolute Gasteiger partial charge is 0.436 e. The summed E-state index contributed by atoms with van der Waals surface area (Å²) in [6.45, 7) is -1.29. The summed E-state index contributed by atoms with van der Waals surface area (Å²) in [5, 5.41) is 10.5. The van der Waals surface area contributed by atoms with E-state index in [1.165, 1.54) is 11.0 Å². The number of benzene rings is 1. The summed E-state index contributed by atoms with van der Waals surface area (Å²) < 4.78 is 38.2. The second-order valence-electron chi connectivity index (χ2n) is 8.19. The maximum Gasteiger partial charge on any atom is 0.436 e. The number of likely N-dealkylation sites (tertiary alicyclic amines) is 1. The minimum atomic E-state index is -4.45. The average Bonchev–Trinajstić information content (AvgIpc) is 3.08. The van der Waals surface area contributed by atoms with Crippen LogP contribution in [-0.4, -0.2) is 60.8 Å².